The molecule has 0 aromatic heterocycles. The number of aliphatic imine (C=N–C) groups is 1. The van der Waals surface area contributed by atoms with E-state index in [9.17, 15) is 4.79 Å². The Morgan fingerprint density at radius 1 is 0.917 bits per heavy atom. The highest BCUT2D eigenvalue weighted by Crippen LogP contribution is 2.32. The van der Waals surface area contributed by atoms with Gasteiger partial charge in [0.1, 0.15) is 5.04 Å². The number of aryl methyl sites for hydroxylation is 1. The summed E-state index contributed by atoms with van der Waals surface area (Å²) in [5.41, 5.74) is 3.20. The summed E-state index contributed by atoms with van der Waals surface area (Å²) in [6.07, 6.45) is 1.92. The van der Waals surface area contributed by atoms with Gasteiger partial charge in [-0.2, -0.15) is 0 Å². The fourth-order valence-electron chi connectivity index (χ4n) is 2.68. The molecule has 0 saturated carbocycles. The summed E-state index contributed by atoms with van der Waals surface area (Å²) in [4.78, 5) is 17.1. The molecule has 0 saturated heterocycles. The van der Waals surface area contributed by atoms with Crippen molar-refractivity contribution in [2.24, 2.45) is 4.99 Å². The third-order valence-electron chi connectivity index (χ3n) is 3.99. The van der Waals surface area contributed by atoms with Crippen LogP contribution in [0.15, 0.2) is 76.6 Å². The number of hydrogen-bond donors (Lipinski definition) is 0. The predicted octanol–water partition coefficient (Wildman–Crippen LogP) is 5.21. The molecule has 3 aromatic carbocycles. The predicted molar refractivity (Wildman–Crippen MR) is 102 cm³/mol. The van der Waals surface area contributed by atoms with Gasteiger partial charge in [0.2, 0.25) is 0 Å². The molecule has 0 N–H and O–H groups in total. The summed E-state index contributed by atoms with van der Waals surface area (Å²) in [6.45, 7) is 2.05. The van der Waals surface area contributed by atoms with Gasteiger partial charge in [-0.25, -0.2) is 4.99 Å². The molecule has 0 fully saturated rings. The molecule has 0 spiro atoms. The standard InChI is InChI=1S/C21H15NOS/c1-14-6-9-17(10-7-14)21-22-20(23)19(24-21)13-15-8-11-16-4-2-3-5-18(16)12-15/h2-13H,1H3/b19-13-. The minimum absolute atomic E-state index is 0.163. The van der Waals surface area contributed by atoms with Crippen LogP contribution in [0.5, 0.6) is 0 Å². The fraction of sp³-hybridized carbons (Fsp3) is 0.0476. The van der Waals surface area contributed by atoms with Crippen LogP contribution in [0.3, 0.4) is 0 Å². The van der Waals surface area contributed by atoms with Gasteiger partial charge in [0.25, 0.3) is 5.91 Å². The maximum absolute atomic E-state index is 12.2. The molecule has 3 heteroatoms. The van der Waals surface area contributed by atoms with Gasteiger partial charge in [-0.15, -0.1) is 0 Å². The summed E-state index contributed by atoms with van der Waals surface area (Å²) in [6, 6.07) is 22.5. The first-order valence-electron chi connectivity index (χ1n) is 7.77. The van der Waals surface area contributed by atoms with Crippen molar-refractivity contribution in [3.63, 3.8) is 0 Å². The molecule has 0 bridgehead atoms. The Morgan fingerprint density at radius 2 is 1.67 bits per heavy atom. The molecule has 0 atom stereocenters. The van der Waals surface area contributed by atoms with Gasteiger partial charge in [0.05, 0.1) is 4.91 Å². The number of carbonyl (C=O) groups excluding carboxylic acids is 1. The van der Waals surface area contributed by atoms with Crippen molar-refractivity contribution in [2.45, 2.75) is 6.92 Å². The number of benzene rings is 3. The molecule has 1 heterocycles. The zero-order valence-electron chi connectivity index (χ0n) is 13.2. The Hall–Kier alpha value is -2.65. The van der Waals surface area contributed by atoms with E-state index in [4.69, 9.17) is 0 Å². The first-order chi connectivity index (χ1) is 11.7. The van der Waals surface area contributed by atoms with Crippen LogP contribution >= 0.6 is 11.8 Å². The Balaban J connectivity index is 1.63. The van der Waals surface area contributed by atoms with Gasteiger partial charge in [0.15, 0.2) is 0 Å². The van der Waals surface area contributed by atoms with Gasteiger partial charge >= 0.3 is 0 Å². The van der Waals surface area contributed by atoms with Crippen LogP contribution in [-0.4, -0.2) is 11.0 Å². The van der Waals surface area contributed by atoms with Crippen LogP contribution in [0.4, 0.5) is 0 Å². The zero-order chi connectivity index (χ0) is 16.5. The molecule has 0 radical (unpaired) electrons. The summed E-state index contributed by atoms with van der Waals surface area (Å²) in [5.74, 6) is -0.163. The van der Waals surface area contributed by atoms with E-state index < -0.39 is 0 Å². The summed E-state index contributed by atoms with van der Waals surface area (Å²) in [7, 11) is 0. The number of fused-ring (bicyclic) bond motifs is 1. The molecular weight excluding hydrogens is 314 g/mol. The van der Waals surface area contributed by atoms with E-state index in [1.807, 2.05) is 55.5 Å². The molecule has 1 aliphatic rings. The average Bonchev–Trinajstić information content (AvgIpc) is 2.96. The number of thioether (sulfide) groups is 1. The first-order valence-corrected chi connectivity index (χ1v) is 8.59. The first kappa shape index (κ1) is 14.9. The lowest BCUT2D eigenvalue weighted by atomic mass is 10.1. The second kappa shape index (κ2) is 6.10. The third kappa shape index (κ3) is 2.91. The lowest BCUT2D eigenvalue weighted by molar-refractivity contribution is -0.113. The highest BCUT2D eigenvalue weighted by Gasteiger charge is 2.22. The van der Waals surface area contributed by atoms with E-state index in [0.717, 1.165) is 16.2 Å². The van der Waals surface area contributed by atoms with Crippen LogP contribution < -0.4 is 0 Å². The van der Waals surface area contributed by atoms with Crippen LogP contribution in [0.25, 0.3) is 16.8 Å². The molecule has 2 nitrogen and oxygen atoms in total. The van der Waals surface area contributed by atoms with Gasteiger partial charge in [-0.05, 0) is 35.4 Å². The highest BCUT2D eigenvalue weighted by molar-refractivity contribution is 8.19. The fourth-order valence-corrected chi connectivity index (χ4v) is 3.60. The van der Waals surface area contributed by atoms with Crippen LogP contribution in [0.2, 0.25) is 0 Å². The van der Waals surface area contributed by atoms with Gasteiger partial charge in [-0.1, -0.05) is 78.0 Å². The number of nitrogens with zero attached hydrogens (tertiary/aromatic N) is 1. The van der Waals surface area contributed by atoms with Gasteiger partial charge < -0.3 is 0 Å². The molecule has 116 valence electrons. The molecule has 1 aliphatic heterocycles. The van der Waals surface area contributed by atoms with Crippen molar-refractivity contribution in [3.05, 3.63) is 88.3 Å². The van der Waals surface area contributed by atoms with E-state index in [0.29, 0.717) is 4.91 Å². The number of carbonyl (C=O) groups is 1. The maximum Gasteiger partial charge on any atom is 0.284 e. The number of rotatable bonds is 2. The lowest BCUT2D eigenvalue weighted by Crippen LogP contribution is -1.90. The van der Waals surface area contributed by atoms with Crippen LogP contribution in [0.1, 0.15) is 16.7 Å². The molecule has 0 unspecified atom stereocenters. The Labute approximate surface area is 144 Å². The second-order valence-corrected chi connectivity index (χ2v) is 6.84. The zero-order valence-corrected chi connectivity index (χ0v) is 14.0. The minimum Gasteiger partial charge on any atom is -0.266 e. The minimum atomic E-state index is -0.163. The van der Waals surface area contributed by atoms with E-state index in [1.54, 1.807) is 0 Å². The van der Waals surface area contributed by atoms with Crippen molar-refractivity contribution in [1.29, 1.82) is 0 Å². The average molecular weight is 329 g/mol. The Kier molecular flexibility index (Phi) is 3.79. The number of hydrogen-bond acceptors (Lipinski definition) is 2. The van der Waals surface area contributed by atoms with Crippen molar-refractivity contribution in [1.82, 2.24) is 0 Å². The van der Waals surface area contributed by atoms with E-state index in [1.165, 1.54) is 28.1 Å². The SMILES string of the molecule is Cc1ccc(C2=NC(=O)/C(=C/c3ccc4ccccc4c3)S2)cc1. The smallest absolute Gasteiger partial charge is 0.266 e. The van der Waals surface area contributed by atoms with Crippen LogP contribution in [0, 0.1) is 6.92 Å². The molecule has 1 amide bonds. The Morgan fingerprint density at radius 3 is 2.46 bits per heavy atom. The second-order valence-electron chi connectivity index (χ2n) is 5.81. The highest BCUT2D eigenvalue weighted by atomic mass is 32.2. The lowest BCUT2D eigenvalue weighted by Gasteiger charge is -2.01. The van der Waals surface area contributed by atoms with Crippen molar-refractivity contribution < 1.29 is 4.79 Å². The third-order valence-corrected chi connectivity index (χ3v) is 5.02. The van der Waals surface area contributed by atoms with Gasteiger partial charge in [-0.3, -0.25) is 4.79 Å². The maximum atomic E-state index is 12.2. The number of amides is 1. The van der Waals surface area contributed by atoms with E-state index >= 15 is 0 Å². The van der Waals surface area contributed by atoms with E-state index in [2.05, 4.69) is 29.3 Å². The quantitative estimate of drug-likeness (QED) is 0.604. The molecule has 24 heavy (non-hydrogen) atoms. The normalized spacial score (nSPS) is 16.0. The van der Waals surface area contributed by atoms with Crippen LogP contribution in [-0.2, 0) is 4.79 Å². The summed E-state index contributed by atoms with van der Waals surface area (Å²) in [5, 5.41) is 3.13. The van der Waals surface area contributed by atoms with Crippen molar-refractivity contribution in [3.8, 4) is 0 Å². The molecular formula is C21H15NOS. The largest absolute Gasteiger partial charge is 0.284 e. The molecule has 4 rings (SSSR count). The summed E-state index contributed by atoms with van der Waals surface area (Å²) >= 11 is 1.44. The topological polar surface area (TPSA) is 29.4 Å². The van der Waals surface area contributed by atoms with Gasteiger partial charge in [0, 0.05) is 5.56 Å². The molecule has 0 aliphatic carbocycles. The van der Waals surface area contributed by atoms with Crippen molar-refractivity contribution in [2.75, 3.05) is 0 Å². The monoisotopic (exact) mass is 329 g/mol. The van der Waals surface area contributed by atoms with Crippen molar-refractivity contribution >= 4 is 39.6 Å². The van der Waals surface area contributed by atoms with E-state index in [-0.39, 0.29) is 5.91 Å². The Bertz CT molecular complexity index is 1000. The molecule has 3 aromatic rings. The summed E-state index contributed by atoms with van der Waals surface area (Å²) < 4.78 is 0.